The monoisotopic (exact) mass is 201 g/mol. The van der Waals surface area contributed by atoms with Crippen LogP contribution in [0.3, 0.4) is 0 Å². The lowest BCUT2D eigenvalue weighted by atomic mass is 9.84. The zero-order valence-corrected chi connectivity index (χ0v) is 7.38. The van der Waals surface area contributed by atoms with Crippen molar-refractivity contribution in [2.45, 2.75) is 18.0 Å². The topological polar surface area (TPSA) is 97.8 Å². The second-order valence-corrected chi connectivity index (χ2v) is 3.82. The maximum Gasteiger partial charge on any atom is 0.327 e. The summed E-state index contributed by atoms with van der Waals surface area (Å²) in [5, 5.41) is 27.0. The summed E-state index contributed by atoms with van der Waals surface area (Å²) in [5.41, 5.74) is -1.59. The standard InChI is InChI=1S/C8H11NO5/c10-3-8(7(13)14)5(6(11)12)1-4-2-9(4)8/h4-5,10H,1-3H2,(H,11,12)(H,13,14)/t4-,5+,8?,9?/m0/s1. The van der Waals surface area contributed by atoms with Gasteiger partial charge in [0, 0.05) is 12.6 Å². The third-order valence-corrected chi connectivity index (χ3v) is 3.22. The average Bonchev–Trinajstić information content (AvgIpc) is 2.79. The summed E-state index contributed by atoms with van der Waals surface area (Å²) in [5.74, 6) is -3.38. The predicted octanol–water partition coefficient (Wildman–Crippen LogP) is -1.41. The van der Waals surface area contributed by atoms with Crippen molar-refractivity contribution in [3.05, 3.63) is 0 Å². The molecule has 0 amide bonds. The van der Waals surface area contributed by atoms with Crippen LogP contribution >= 0.6 is 0 Å². The van der Waals surface area contributed by atoms with Crippen LogP contribution in [0.15, 0.2) is 0 Å². The number of hydrogen-bond acceptors (Lipinski definition) is 4. The van der Waals surface area contributed by atoms with E-state index in [4.69, 9.17) is 15.3 Å². The zero-order chi connectivity index (χ0) is 10.5. The zero-order valence-electron chi connectivity index (χ0n) is 7.38. The van der Waals surface area contributed by atoms with Crippen LogP contribution in [0.4, 0.5) is 0 Å². The molecule has 2 aliphatic heterocycles. The van der Waals surface area contributed by atoms with Crippen molar-refractivity contribution in [2.24, 2.45) is 5.92 Å². The highest BCUT2D eigenvalue weighted by Crippen LogP contribution is 2.47. The van der Waals surface area contributed by atoms with Crippen LogP contribution in [0.1, 0.15) is 6.42 Å². The Bertz CT molecular complexity index is 304. The Kier molecular flexibility index (Phi) is 1.80. The molecule has 2 aliphatic rings. The first-order valence-electron chi connectivity index (χ1n) is 4.38. The Balaban J connectivity index is 2.36. The molecule has 0 aromatic carbocycles. The van der Waals surface area contributed by atoms with Gasteiger partial charge in [-0.3, -0.25) is 14.5 Å². The molecule has 0 saturated carbocycles. The summed E-state index contributed by atoms with van der Waals surface area (Å²) >= 11 is 0. The van der Waals surface area contributed by atoms with Gasteiger partial charge in [0.25, 0.3) is 0 Å². The maximum absolute atomic E-state index is 11.0. The first-order chi connectivity index (χ1) is 6.54. The van der Waals surface area contributed by atoms with Gasteiger partial charge in [0.2, 0.25) is 0 Å². The number of aliphatic hydroxyl groups excluding tert-OH is 1. The van der Waals surface area contributed by atoms with Crippen molar-refractivity contribution in [3.63, 3.8) is 0 Å². The minimum atomic E-state index is -1.59. The third kappa shape index (κ3) is 0.921. The van der Waals surface area contributed by atoms with E-state index in [1.807, 2.05) is 0 Å². The van der Waals surface area contributed by atoms with Crippen molar-refractivity contribution < 1.29 is 24.9 Å². The molecule has 2 fully saturated rings. The second-order valence-electron chi connectivity index (χ2n) is 3.82. The van der Waals surface area contributed by atoms with Crippen LogP contribution in [0.25, 0.3) is 0 Å². The molecule has 2 saturated heterocycles. The largest absolute Gasteiger partial charge is 0.481 e. The van der Waals surface area contributed by atoms with Gasteiger partial charge in [0.1, 0.15) is 0 Å². The van der Waals surface area contributed by atoms with Crippen molar-refractivity contribution in [3.8, 4) is 0 Å². The number of aliphatic hydroxyl groups is 1. The Hall–Kier alpha value is -1.14. The van der Waals surface area contributed by atoms with Crippen LogP contribution in [0.5, 0.6) is 0 Å². The molecule has 4 atom stereocenters. The smallest absolute Gasteiger partial charge is 0.327 e. The molecule has 78 valence electrons. The maximum atomic E-state index is 11.0. The van der Waals surface area contributed by atoms with E-state index in [2.05, 4.69) is 0 Å². The SMILES string of the molecule is O=C(O)[C@H]1C[C@H]2CN2C1(CO)C(=O)O. The van der Waals surface area contributed by atoms with E-state index in [-0.39, 0.29) is 6.04 Å². The third-order valence-electron chi connectivity index (χ3n) is 3.22. The number of hydrogen-bond donors (Lipinski definition) is 3. The summed E-state index contributed by atoms with van der Waals surface area (Å²) < 4.78 is 0. The molecule has 14 heavy (non-hydrogen) atoms. The van der Waals surface area contributed by atoms with Gasteiger partial charge in [0.15, 0.2) is 5.54 Å². The van der Waals surface area contributed by atoms with E-state index in [1.54, 1.807) is 4.90 Å². The van der Waals surface area contributed by atoms with Crippen molar-refractivity contribution in [1.29, 1.82) is 0 Å². The molecule has 0 radical (unpaired) electrons. The first-order valence-corrected chi connectivity index (χ1v) is 4.38. The fourth-order valence-electron chi connectivity index (χ4n) is 2.38. The lowest BCUT2D eigenvalue weighted by Gasteiger charge is -2.29. The predicted molar refractivity (Wildman–Crippen MR) is 43.7 cm³/mol. The second kappa shape index (κ2) is 2.68. The van der Waals surface area contributed by atoms with Gasteiger partial charge in [-0.25, -0.2) is 0 Å². The molecule has 0 spiro atoms. The van der Waals surface area contributed by atoms with Crippen LogP contribution < -0.4 is 0 Å². The number of carboxylic acids is 2. The fraction of sp³-hybridized carbons (Fsp3) is 0.750. The lowest BCUT2D eigenvalue weighted by molar-refractivity contribution is -0.161. The number of carboxylic acid groups (broad SMARTS) is 2. The highest BCUT2D eigenvalue weighted by atomic mass is 16.4. The summed E-state index contributed by atoms with van der Waals surface area (Å²) in [6.45, 7) is -0.0631. The molecule has 6 heteroatoms. The van der Waals surface area contributed by atoms with Gasteiger partial charge in [-0.2, -0.15) is 0 Å². The molecular weight excluding hydrogens is 190 g/mol. The number of nitrogens with zero attached hydrogens (tertiary/aromatic N) is 1. The number of piperidine rings is 1. The Labute approximate surface area is 79.7 Å². The van der Waals surface area contributed by atoms with Crippen molar-refractivity contribution in [2.75, 3.05) is 13.2 Å². The Morgan fingerprint density at radius 2 is 2.07 bits per heavy atom. The van der Waals surface area contributed by atoms with Crippen LogP contribution in [-0.2, 0) is 9.59 Å². The summed E-state index contributed by atoms with van der Waals surface area (Å²) in [4.78, 5) is 23.4. The minimum absolute atomic E-state index is 0.0272. The number of fused-ring (bicyclic) bond motifs is 1. The van der Waals surface area contributed by atoms with E-state index in [0.29, 0.717) is 13.0 Å². The number of rotatable bonds is 3. The van der Waals surface area contributed by atoms with E-state index >= 15 is 0 Å². The van der Waals surface area contributed by atoms with E-state index in [9.17, 15) is 9.59 Å². The fourth-order valence-corrected chi connectivity index (χ4v) is 2.38. The van der Waals surface area contributed by atoms with Crippen molar-refractivity contribution >= 4 is 11.9 Å². The van der Waals surface area contributed by atoms with Gasteiger partial charge in [-0.1, -0.05) is 0 Å². The Morgan fingerprint density at radius 3 is 2.43 bits per heavy atom. The molecule has 0 bridgehead atoms. The molecule has 3 N–H and O–H groups in total. The average molecular weight is 201 g/mol. The van der Waals surface area contributed by atoms with Crippen LogP contribution in [0, 0.1) is 5.92 Å². The number of aliphatic carboxylic acids is 2. The Morgan fingerprint density at radius 1 is 1.43 bits per heavy atom. The molecule has 0 aromatic rings. The van der Waals surface area contributed by atoms with Crippen LogP contribution in [0.2, 0.25) is 0 Å². The highest BCUT2D eigenvalue weighted by Gasteiger charge is 2.67. The first kappa shape index (κ1) is 9.42. The van der Waals surface area contributed by atoms with E-state index < -0.39 is 30.0 Å². The normalized spacial score (nSPS) is 44.5. The molecule has 2 rings (SSSR count). The highest BCUT2D eigenvalue weighted by molar-refractivity contribution is 5.88. The molecule has 0 aliphatic carbocycles. The van der Waals surface area contributed by atoms with Gasteiger partial charge >= 0.3 is 11.9 Å². The molecule has 2 heterocycles. The van der Waals surface area contributed by atoms with E-state index in [0.717, 1.165) is 0 Å². The lowest BCUT2D eigenvalue weighted by Crippen LogP contribution is -2.55. The number of carbonyl (C=O) groups is 2. The molecule has 0 aromatic heterocycles. The summed E-state index contributed by atoms with van der Waals surface area (Å²) in [6.07, 6.45) is 0.322. The van der Waals surface area contributed by atoms with Crippen molar-refractivity contribution in [1.82, 2.24) is 4.90 Å². The minimum Gasteiger partial charge on any atom is -0.481 e. The molecular formula is C8H11NO5. The van der Waals surface area contributed by atoms with E-state index in [1.165, 1.54) is 0 Å². The van der Waals surface area contributed by atoms with Gasteiger partial charge in [-0.15, -0.1) is 0 Å². The van der Waals surface area contributed by atoms with Gasteiger partial charge in [-0.05, 0) is 6.42 Å². The van der Waals surface area contributed by atoms with Crippen LogP contribution in [-0.4, -0.2) is 56.9 Å². The van der Waals surface area contributed by atoms with Gasteiger partial charge in [0.05, 0.1) is 12.5 Å². The summed E-state index contributed by atoms with van der Waals surface area (Å²) in [6, 6.07) is 0.0272. The summed E-state index contributed by atoms with van der Waals surface area (Å²) in [7, 11) is 0. The molecule has 2 unspecified atom stereocenters. The molecule has 6 nitrogen and oxygen atoms in total. The quantitative estimate of drug-likeness (QED) is 0.485. The van der Waals surface area contributed by atoms with Gasteiger partial charge < -0.3 is 15.3 Å².